The molecule has 2 rings (SSSR count). The molecule has 100 valence electrons. The van der Waals surface area contributed by atoms with Crippen molar-refractivity contribution in [1.29, 1.82) is 5.41 Å². The highest BCUT2D eigenvalue weighted by Gasteiger charge is 2.49. The summed E-state index contributed by atoms with van der Waals surface area (Å²) in [5, 5.41) is 10.3. The first-order valence-electron chi connectivity index (χ1n) is 6.04. The summed E-state index contributed by atoms with van der Waals surface area (Å²) in [5.74, 6) is 0.0634. The molecule has 18 heavy (non-hydrogen) atoms. The number of ether oxygens (including phenoxy) is 1. The van der Waals surface area contributed by atoms with Gasteiger partial charge in [0.2, 0.25) is 0 Å². The fourth-order valence-corrected chi connectivity index (χ4v) is 2.46. The molecule has 2 aliphatic carbocycles. The Balaban J connectivity index is 2.00. The Morgan fingerprint density at radius 1 is 1.61 bits per heavy atom. The third-order valence-corrected chi connectivity index (χ3v) is 3.34. The summed E-state index contributed by atoms with van der Waals surface area (Å²) in [6, 6.07) is 0. The molecule has 2 atom stereocenters. The van der Waals surface area contributed by atoms with Crippen molar-refractivity contribution >= 4 is 11.7 Å². The topological polar surface area (TPSA) is 62.2 Å². The summed E-state index contributed by atoms with van der Waals surface area (Å²) in [7, 11) is 0. The van der Waals surface area contributed by atoms with Crippen molar-refractivity contribution in [2.24, 2.45) is 11.8 Å². The molecule has 0 bridgehead atoms. The van der Waals surface area contributed by atoms with Gasteiger partial charge < -0.3 is 10.1 Å². The highest BCUT2D eigenvalue weighted by molar-refractivity contribution is 6.02. The second kappa shape index (κ2) is 5.04. The van der Waals surface area contributed by atoms with Crippen molar-refractivity contribution in [3.8, 4) is 0 Å². The molecule has 2 unspecified atom stereocenters. The zero-order valence-corrected chi connectivity index (χ0v) is 10.1. The third kappa shape index (κ3) is 2.52. The number of esters is 1. The van der Waals surface area contributed by atoms with Crippen LogP contribution in [-0.4, -0.2) is 31.3 Å². The molecule has 2 N–H and O–H groups in total. The zero-order chi connectivity index (χ0) is 13.3. The molecular weight excluding hydrogens is 242 g/mol. The highest BCUT2D eigenvalue weighted by atomic mass is 19.3. The van der Waals surface area contributed by atoms with Gasteiger partial charge in [0, 0.05) is 11.3 Å². The standard InChI is InChI=1S/C12H16F2N2O2/c1-2-18-9(17)5-16-8-4-6-3-7(6)10(8)11(15)12(13)14/h6-7,12,15-16H,2-5H2,1H3. The van der Waals surface area contributed by atoms with Gasteiger partial charge in [0.25, 0.3) is 6.43 Å². The molecule has 0 aromatic rings. The lowest BCUT2D eigenvalue weighted by atomic mass is 10.1. The van der Waals surface area contributed by atoms with Crippen LogP contribution in [0.1, 0.15) is 19.8 Å². The maximum Gasteiger partial charge on any atom is 0.325 e. The molecule has 1 saturated carbocycles. The monoisotopic (exact) mass is 258 g/mol. The van der Waals surface area contributed by atoms with Crippen LogP contribution in [0.25, 0.3) is 0 Å². The fourth-order valence-electron chi connectivity index (χ4n) is 2.46. The number of rotatable bonds is 6. The number of nitrogens with one attached hydrogen (secondary N) is 2. The number of carbonyl (C=O) groups excluding carboxylic acids is 1. The van der Waals surface area contributed by atoms with Crippen molar-refractivity contribution in [1.82, 2.24) is 5.32 Å². The molecule has 0 radical (unpaired) electrons. The number of fused-ring (bicyclic) bond motifs is 1. The van der Waals surface area contributed by atoms with Gasteiger partial charge in [-0.05, 0) is 31.6 Å². The average molecular weight is 258 g/mol. The maximum atomic E-state index is 12.6. The number of carbonyl (C=O) groups is 1. The smallest absolute Gasteiger partial charge is 0.325 e. The van der Waals surface area contributed by atoms with Gasteiger partial charge in [-0.1, -0.05) is 0 Å². The summed E-state index contributed by atoms with van der Waals surface area (Å²) in [5.41, 5.74) is 0.431. The molecule has 4 nitrogen and oxygen atoms in total. The van der Waals surface area contributed by atoms with Gasteiger partial charge in [-0.3, -0.25) is 10.2 Å². The predicted molar refractivity (Wildman–Crippen MR) is 61.6 cm³/mol. The van der Waals surface area contributed by atoms with E-state index in [-0.39, 0.29) is 12.5 Å². The first-order chi connectivity index (χ1) is 8.54. The van der Waals surface area contributed by atoms with E-state index < -0.39 is 18.1 Å². The van der Waals surface area contributed by atoms with Gasteiger partial charge in [0.1, 0.15) is 12.3 Å². The van der Waals surface area contributed by atoms with Gasteiger partial charge in [-0.15, -0.1) is 0 Å². The number of hydrogen-bond acceptors (Lipinski definition) is 4. The summed E-state index contributed by atoms with van der Waals surface area (Å²) < 4.78 is 29.9. The molecule has 0 aliphatic heterocycles. The molecule has 2 aliphatic rings. The lowest BCUT2D eigenvalue weighted by molar-refractivity contribution is -0.141. The van der Waals surface area contributed by atoms with Gasteiger partial charge in [-0.2, -0.15) is 0 Å². The van der Waals surface area contributed by atoms with Gasteiger partial charge in [-0.25, -0.2) is 8.78 Å². The normalized spacial score (nSPS) is 25.1. The number of allylic oxidation sites excluding steroid dienone is 2. The Kier molecular flexibility index (Phi) is 3.63. The van der Waals surface area contributed by atoms with Crippen molar-refractivity contribution < 1.29 is 18.3 Å². The number of halogens is 2. The van der Waals surface area contributed by atoms with E-state index >= 15 is 0 Å². The van der Waals surface area contributed by atoms with Crippen LogP contribution in [0, 0.1) is 17.2 Å². The lowest BCUT2D eigenvalue weighted by Gasteiger charge is -2.13. The Labute approximate surface area is 104 Å². The second-order valence-electron chi connectivity index (χ2n) is 4.57. The molecule has 6 heteroatoms. The maximum absolute atomic E-state index is 12.6. The quantitative estimate of drug-likeness (QED) is 0.563. The van der Waals surface area contributed by atoms with Gasteiger partial charge >= 0.3 is 5.97 Å². The number of alkyl halides is 2. The minimum atomic E-state index is -2.75. The van der Waals surface area contributed by atoms with Crippen LogP contribution in [0.15, 0.2) is 11.3 Å². The van der Waals surface area contributed by atoms with E-state index in [4.69, 9.17) is 10.1 Å². The molecule has 0 aromatic carbocycles. The molecule has 0 saturated heterocycles. The predicted octanol–water partition coefficient (Wildman–Crippen LogP) is 1.72. The third-order valence-electron chi connectivity index (χ3n) is 3.34. The fraction of sp³-hybridized carbons (Fsp3) is 0.667. The number of hydrogen-bond donors (Lipinski definition) is 2. The molecular formula is C12H16F2N2O2. The van der Waals surface area contributed by atoms with E-state index in [2.05, 4.69) is 5.32 Å². The van der Waals surface area contributed by atoms with Crippen LogP contribution in [-0.2, 0) is 9.53 Å². The van der Waals surface area contributed by atoms with Crippen molar-refractivity contribution in [3.05, 3.63) is 11.3 Å². The first kappa shape index (κ1) is 13.0. The largest absolute Gasteiger partial charge is 0.465 e. The first-order valence-corrected chi connectivity index (χ1v) is 6.04. The molecule has 0 amide bonds. The Morgan fingerprint density at radius 2 is 2.33 bits per heavy atom. The summed E-state index contributed by atoms with van der Waals surface area (Å²) in [6.45, 7) is 1.98. The van der Waals surface area contributed by atoms with Gasteiger partial charge in [0.05, 0.1) is 6.61 Å². The van der Waals surface area contributed by atoms with Crippen LogP contribution >= 0.6 is 0 Å². The van der Waals surface area contributed by atoms with E-state index in [0.717, 1.165) is 6.42 Å². The van der Waals surface area contributed by atoms with Crippen molar-refractivity contribution in [3.63, 3.8) is 0 Å². The van der Waals surface area contributed by atoms with Crippen LogP contribution in [0.4, 0.5) is 8.78 Å². The minimum absolute atomic E-state index is 0.0252. The lowest BCUT2D eigenvalue weighted by Crippen LogP contribution is -2.26. The van der Waals surface area contributed by atoms with Crippen LogP contribution in [0.3, 0.4) is 0 Å². The Bertz CT molecular complexity index is 407. The SMILES string of the molecule is CCOC(=O)CNC1=C(C(=N)C(F)F)C2CC2C1. The van der Waals surface area contributed by atoms with Crippen LogP contribution < -0.4 is 5.32 Å². The van der Waals surface area contributed by atoms with E-state index in [1.807, 2.05) is 0 Å². The summed E-state index contributed by atoms with van der Waals surface area (Å²) in [6.07, 6.45) is -1.21. The Morgan fingerprint density at radius 3 is 2.94 bits per heavy atom. The second-order valence-corrected chi connectivity index (χ2v) is 4.57. The highest BCUT2D eigenvalue weighted by Crippen LogP contribution is 2.54. The molecule has 1 fully saturated rings. The van der Waals surface area contributed by atoms with Crippen molar-refractivity contribution in [2.75, 3.05) is 13.2 Å². The zero-order valence-electron chi connectivity index (χ0n) is 10.1. The minimum Gasteiger partial charge on any atom is -0.465 e. The van der Waals surface area contributed by atoms with E-state index in [0.29, 0.717) is 30.2 Å². The van der Waals surface area contributed by atoms with Crippen molar-refractivity contribution in [2.45, 2.75) is 26.2 Å². The molecule has 0 aromatic heterocycles. The average Bonchev–Trinajstić information content (AvgIpc) is 2.98. The summed E-state index contributed by atoms with van der Waals surface area (Å²) in [4.78, 5) is 11.2. The summed E-state index contributed by atoms with van der Waals surface area (Å²) >= 11 is 0. The van der Waals surface area contributed by atoms with E-state index in [9.17, 15) is 13.6 Å². The van der Waals surface area contributed by atoms with Gasteiger partial charge in [0.15, 0.2) is 0 Å². The van der Waals surface area contributed by atoms with Crippen LogP contribution in [0.2, 0.25) is 0 Å². The van der Waals surface area contributed by atoms with E-state index in [1.54, 1.807) is 6.92 Å². The van der Waals surface area contributed by atoms with Crippen LogP contribution in [0.5, 0.6) is 0 Å². The Hall–Kier alpha value is -1.46. The molecule has 0 heterocycles. The van der Waals surface area contributed by atoms with E-state index in [1.165, 1.54) is 0 Å². The molecule has 0 spiro atoms.